The van der Waals surface area contributed by atoms with E-state index in [0.29, 0.717) is 0 Å². The van der Waals surface area contributed by atoms with Crippen molar-refractivity contribution in [3.05, 3.63) is 33.1 Å². The van der Waals surface area contributed by atoms with E-state index in [2.05, 4.69) is 5.09 Å². The van der Waals surface area contributed by atoms with Gasteiger partial charge in [-0.05, 0) is 41.5 Å². The molecule has 1 aromatic heterocycles. The van der Waals surface area contributed by atoms with Crippen molar-refractivity contribution in [2.75, 3.05) is 13.5 Å². The highest BCUT2D eigenvalue weighted by molar-refractivity contribution is 7.51. The van der Waals surface area contributed by atoms with Crippen molar-refractivity contribution in [1.82, 2.24) is 14.6 Å². The summed E-state index contributed by atoms with van der Waals surface area (Å²) in [5, 5.41) is 24.9. The quantitative estimate of drug-likeness (QED) is 0.144. The number of alkyl halides is 1. The summed E-state index contributed by atoms with van der Waals surface area (Å²) >= 11 is 0. The number of carbonyl (C=O) groups excluding carboxylic acids is 2. The third-order valence-corrected chi connectivity index (χ3v) is 7.91. The minimum atomic E-state index is -4.79. The van der Waals surface area contributed by atoms with Crippen LogP contribution in [0.15, 0.2) is 21.9 Å². The van der Waals surface area contributed by atoms with Crippen LogP contribution in [-0.2, 0) is 37.4 Å². The van der Waals surface area contributed by atoms with E-state index in [-0.39, 0.29) is 0 Å². The number of esters is 1. The average molecular weight is 597 g/mol. The molecule has 18 heteroatoms. The molecule has 1 aliphatic heterocycles. The molecule has 1 aliphatic carbocycles. The molecule has 1 aromatic rings. The zero-order valence-corrected chi connectivity index (χ0v) is 23.5. The number of H-pyrrole nitrogens is 1. The van der Waals surface area contributed by atoms with E-state index >= 15 is 0 Å². The van der Waals surface area contributed by atoms with Crippen LogP contribution in [0, 0.1) is 0 Å². The molecule has 0 aromatic carbocycles. The summed E-state index contributed by atoms with van der Waals surface area (Å²) in [5.41, 5.74) is -9.22. The molecule has 1 saturated heterocycles. The molecule has 7 atom stereocenters. The molecule has 0 bridgehead atoms. The van der Waals surface area contributed by atoms with Crippen LogP contribution < -0.4 is 16.3 Å². The monoisotopic (exact) mass is 597 g/mol. The number of halogens is 1. The number of nitrogens with one attached hydrogen (secondary N) is 2. The Labute approximate surface area is 227 Å². The Hall–Kier alpha value is -2.66. The summed E-state index contributed by atoms with van der Waals surface area (Å²) < 4.78 is 59.5. The molecular formula is C22H33FN3O13P. The number of aromatic amines is 1. The lowest BCUT2D eigenvalue weighted by atomic mass is 9.94. The largest absolute Gasteiger partial charge is 0.510 e. The van der Waals surface area contributed by atoms with E-state index < -0.39 is 92.0 Å². The molecule has 1 saturated carbocycles. The first kappa shape index (κ1) is 31.9. The minimum absolute atomic E-state index is 0.540. The summed E-state index contributed by atoms with van der Waals surface area (Å²) in [5.74, 6) is -0.877. The van der Waals surface area contributed by atoms with Crippen LogP contribution >= 0.6 is 7.75 Å². The molecule has 4 N–H and O–H groups in total. The van der Waals surface area contributed by atoms with Crippen molar-refractivity contribution < 1.29 is 56.8 Å². The molecule has 3 rings (SSSR count). The second-order valence-corrected chi connectivity index (χ2v) is 11.8. The van der Waals surface area contributed by atoms with Crippen LogP contribution in [0.25, 0.3) is 0 Å². The molecule has 0 amide bonds. The molecule has 2 aliphatic rings. The maximum Gasteiger partial charge on any atom is 0.510 e. The fourth-order valence-electron chi connectivity index (χ4n) is 4.34. The van der Waals surface area contributed by atoms with Crippen LogP contribution in [0.2, 0.25) is 0 Å². The Bertz CT molecular complexity index is 1280. The SMILES string of the molecule is CC(C)OC(=O)OCOP(=O)(N[C@@H](C)C(=O)OC(C)C)OC1[C@]2(O)[C@@](C)(O)[C@H](n3ccc(=O)[nH]c3=O)O[C@]12CF. The van der Waals surface area contributed by atoms with Gasteiger partial charge >= 0.3 is 25.6 Å². The second-order valence-electron chi connectivity index (χ2n) is 10.1. The minimum Gasteiger partial charge on any atom is -0.462 e. The van der Waals surface area contributed by atoms with E-state index in [1.807, 2.05) is 4.98 Å². The second kappa shape index (κ2) is 11.3. The first-order valence-electron chi connectivity index (χ1n) is 12.2. The number of ether oxygens (including phenoxy) is 4. The predicted octanol–water partition coefficient (Wildman–Crippen LogP) is 0.228. The fourth-order valence-corrected chi connectivity index (χ4v) is 5.91. The summed E-state index contributed by atoms with van der Waals surface area (Å²) in [6.45, 7) is 5.97. The number of aromatic nitrogens is 2. The Morgan fingerprint density at radius 1 is 1.20 bits per heavy atom. The lowest BCUT2D eigenvalue weighted by Gasteiger charge is -2.33. The van der Waals surface area contributed by atoms with Gasteiger partial charge in [0.15, 0.2) is 17.4 Å². The van der Waals surface area contributed by atoms with Crippen molar-refractivity contribution in [2.24, 2.45) is 0 Å². The maximum atomic E-state index is 14.5. The van der Waals surface area contributed by atoms with Crippen LogP contribution in [0.1, 0.15) is 47.8 Å². The number of nitrogens with zero attached hydrogens (tertiary/aromatic N) is 1. The normalized spacial score (nSPS) is 31.4. The van der Waals surface area contributed by atoms with Gasteiger partial charge in [0, 0.05) is 12.3 Å². The zero-order valence-electron chi connectivity index (χ0n) is 22.6. The molecule has 2 heterocycles. The van der Waals surface area contributed by atoms with Gasteiger partial charge in [-0.15, -0.1) is 0 Å². The zero-order chi connectivity index (χ0) is 30.3. The van der Waals surface area contributed by atoms with Crippen molar-refractivity contribution in [2.45, 2.75) is 88.9 Å². The number of carbonyl (C=O) groups is 2. The Morgan fingerprint density at radius 2 is 1.82 bits per heavy atom. The first-order valence-corrected chi connectivity index (χ1v) is 13.7. The number of rotatable bonds is 12. The molecule has 2 unspecified atom stereocenters. The van der Waals surface area contributed by atoms with Gasteiger partial charge < -0.3 is 29.2 Å². The number of aliphatic hydroxyl groups is 2. The molecule has 16 nitrogen and oxygen atoms in total. The van der Waals surface area contributed by atoms with Gasteiger partial charge in [0.25, 0.3) is 5.56 Å². The molecule has 2 fully saturated rings. The molecular weight excluding hydrogens is 564 g/mol. The van der Waals surface area contributed by atoms with E-state index in [0.717, 1.165) is 23.8 Å². The first-order chi connectivity index (χ1) is 18.4. The van der Waals surface area contributed by atoms with Crippen LogP contribution in [0.5, 0.6) is 0 Å². The summed E-state index contributed by atoms with van der Waals surface area (Å²) in [6.07, 6.45) is -4.89. The highest BCUT2D eigenvalue weighted by Gasteiger charge is 2.93. The average Bonchev–Trinajstić information content (AvgIpc) is 3.26. The molecule has 226 valence electrons. The van der Waals surface area contributed by atoms with Gasteiger partial charge in [-0.25, -0.2) is 23.6 Å². The molecule has 0 spiro atoms. The predicted molar refractivity (Wildman–Crippen MR) is 131 cm³/mol. The summed E-state index contributed by atoms with van der Waals surface area (Å²) in [7, 11) is -4.79. The van der Waals surface area contributed by atoms with E-state index in [4.69, 9.17) is 28.0 Å². The van der Waals surface area contributed by atoms with Gasteiger partial charge in [-0.1, -0.05) is 0 Å². The number of fused-ring (bicyclic) bond motifs is 1. The Morgan fingerprint density at radius 3 is 2.35 bits per heavy atom. The van der Waals surface area contributed by atoms with Gasteiger partial charge in [0.05, 0.1) is 12.2 Å². The summed E-state index contributed by atoms with van der Waals surface area (Å²) in [4.78, 5) is 49.7. The Balaban J connectivity index is 1.87. The maximum absolute atomic E-state index is 14.5. The van der Waals surface area contributed by atoms with E-state index in [1.165, 1.54) is 6.92 Å². The topological polar surface area (TPSA) is 214 Å². The Kier molecular flexibility index (Phi) is 9.01. The van der Waals surface area contributed by atoms with Gasteiger partial charge in [0.2, 0.25) is 6.79 Å². The molecule has 0 radical (unpaired) electrons. The highest BCUT2D eigenvalue weighted by Crippen LogP contribution is 2.71. The smallest absolute Gasteiger partial charge is 0.462 e. The van der Waals surface area contributed by atoms with Gasteiger partial charge in [-0.2, -0.15) is 0 Å². The van der Waals surface area contributed by atoms with Crippen molar-refractivity contribution >= 4 is 19.9 Å². The third-order valence-electron chi connectivity index (χ3n) is 6.27. The third kappa shape index (κ3) is 5.72. The van der Waals surface area contributed by atoms with Crippen molar-refractivity contribution in [1.29, 1.82) is 0 Å². The van der Waals surface area contributed by atoms with E-state index in [1.54, 1.807) is 27.7 Å². The molecule has 40 heavy (non-hydrogen) atoms. The van der Waals surface area contributed by atoms with Crippen molar-refractivity contribution in [3.63, 3.8) is 0 Å². The van der Waals surface area contributed by atoms with Crippen LogP contribution in [0.3, 0.4) is 0 Å². The van der Waals surface area contributed by atoms with E-state index in [9.17, 15) is 38.3 Å². The highest BCUT2D eigenvalue weighted by atomic mass is 31.2. The standard InChI is InChI=1S/C22H33FN3O13P/c1-11(2)36-15(28)13(5)25-40(33,35-10-34-19(30)37-12(3)4)39-16-21(9-23)22(16,32)20(6,31)17(38-21)26-8-7-14(27)24-18(26)29/h7-8,11-13,16-17,31-32H,9-10H2,1-6H3,(H,25,33)(H,24,27,29)/t13-,16?,17+,20-,21+,22-,40?/m0/s1. The van der Waals surface area contributed by atoms with Gasteiger partial charge in [0.1, 0.15) is 24.4 Å². The van der Waals surface area contributed by atoms with Crippen molar-refractivity contribution in [3.8, 4) is 0 Å². The number of hydrogen-bond donors (Lipinski definition) is 4. The van der Waals surface area contributed by atoms with Gasteiger partial charge in [-0.3, -0.25) is 28.2 Å². The summed E-state index contributed by atoms with van der Waals surface area (Å²) in [6, 6.07) is -0.405. The lowest BCUT2D eigenvalue weighted by molar-refractivity contribution is -0.166. The lowest BCUT2D eigenvalue weighted by Crippen LogP contribution is -2.51. The number of hydrogen-bond acceptors (Lipinski definition) is 13. The fraction of sp³-hybridized carbons (Fsp3) is 0.727. The van der Waals surface area contributed by atoms with Crippen LogP contribution in [-0.4, -0.2) is 86.5 Å². The van der Waals surface area contributed by atoms with Crippen LogP contribution in [0.4, 0.5) is 9.18 Å².